The molecule has 1 saturated heterocycles. The third-order valence-electron chi connectivity index (χ3n) is 5.14. The molecule has 1 aromatic rings. The fraction of sp³-hybridized carbons (Fsp3) is 0.611. The summed E-state index contributed by atoms with van der Waals surface area (Å²) >= 11 is -2.35. The summed E-state index contributed by atoms with van der Waals surface area (Å²) in [7, 11) is 1.71. The molecule has 0 spiro atoms. The lowest BCUT2D eigenvalue weighted by atomic mass is 10.0. The van der Waals surface area contributed by atoms with Crippen LogP contribution in [0.1, 0.15) is 17.5 Å². The van der Waals surface area contributed by atoms with Crippen LogP contribution in [0.2, 0.25) is 0 Å². The van der Waals surface area contributed by atoms with Crippen molar-refractivity contribution in [1.82, 2.24) is 9.80 Å². The van der Waals surface area contributed by atoms with E-state index < -0.39 is 11.3 Å². The Balaban J connectivity index is 1.71. The predicted molar refractivity (Wildman–Crippen MR) is 103 cm³/mol. The molecule has 0 amide bonds. The van der Waals surface area contributed by atoms with Crippen molar-refractivity contribution in [3.63, 3.8) is 0 Å². The number of aromatic hydroxyl groups is 1. The third-order valence-corrected chi connectivity index (χ3v) is 5.83. The van der Waals surface area contributed by atoms with E-state index in [0.29, 0.717) is 25.1 Å². The number of carbonyl (C=O) groups is 1. The first-order valence-electron chi connectivity index (χ1n) is 9.16. The first-order chi connectivity index (χ1) is 13.0. The SMILES string of the molecule is COCCN1CCN(Cc2cc(O)c3c(c2)CCC(=O)CN3S(=O)O)CC1. The van der Waals surface area contributed by atoms with Crippen molar-refractivity contribution in [2.45, 2.75) is 19.4 Å². The van der Waals surface area contributed by atoms with Gasteiger partial charge >= 0.3 is 0 Å². The van der Waals surface area contributed by atoms with Gasteiger partial charge in [0.2, 0.25) is 0 Å². The number of hydrogen-bond acceptors (Lipinski definition) is 6. The van der Waals surface area contributed by atoms with E-state index in [4.69, 9.17) is 4.74 Å². The summed E-state index contributed by atoms with van der Waals surface area (Å²) in [4.78, 5) is 16.6. The van der Waals surface area contributed by atoms with Gasteiger partial charge in [0.05, 0.1) is 18.8 Å². The van der Waals surface area contributed by atoms with Gasteiger partial charge in [-0.2, -0.15) is 0 Å². The zero-order valence-electron chi connectivity index (χ0n) is 15.6. The lowest BCUT2D eigenvalue weighted by molar-refractivity contribution is -0.117. The summed E-state index contributed by atoms with van der Waals surface area (Å²) < 4.78 is 27.3. The average molecular weight is 397 g/mol. The lowest BCUT2D eigenvalue weighted by Crippen LogP contribution is -2.46. The molecule has 1 unspecified atom stereocenters. The van der Waals surface area contributed by atoms with Crippen LogP contribution in [-0.2, 0) is 33.8 Å². The summed E-state index contributed by atoms with van der Waals surface area (Å²) in [5.74, 6) is -0.153. The fourth-order valence-corrected chi connectivity index (χ4v) is 4.31. The molecule has 2 aliphatic heterocycles. The Labute approximate surface area is 162 Å². The van der Waals surface area contributed by atoms with Gasteiger partial charge in [0.1, 0.15) is 5.75 Å². The Hall–Kier alpha value is -1.52. The Morgan fingerprint density at radius 1 is 1.15 bits per heavy atom. The molecule has 0 bridgehead atoms. The second kappa shape index (κ2) is 9.11. The minimum absolute atomic E-state index is 0.0432. The van der Waals surface area contributed by atoms with Gasteiger partial charge in [0.15, 0.2) is 5.78 Å². The van der Waals surface area contributed by atoms with E-state index in [1.54, 1.807) is 13.2 Å². The van der Waals surface area contributed by atoms with Crippen molar-refractivity contribution < 1.29 is 23.4 Å². The number of phenolic OH excluding ortho intramolecular Hbond substituents is 1. The molecular formula is C18H27N3O5S. The number of carbonyl (C=O) groups excluding carboxylic acids is 1. The van der Waals surface area contributed by atoms with Crippen LogP contribution in [0.4, 0.5) is 5.69 Å². The molecule has 2 aliphatic rings. The number of fused-ring (bicyclic) bond motifs is 1. The summed E-state index contributed by atoms with van der Waals surface area (Å²) in [6, 6.07) is 3.59. The quantitative estimate of drug-likeness (QED) is 0.680. The van der Waals surface area contributed by atoms with E-state index >= 15 is 0 Å². The summed E-state index contributed by atoms with van der Waals surface area (Å²) in [5.41, 5.74) is 2.00. The van der Waals surface area contributed by atoms with Crippen LogP contribution in [0.25, 0.3) is 0 Å². The van der Waals surface area contributed by atoms with Gasteiger partial charge in [-0.25, -0.2) is 4.21 Å². The van der Waals surface area contributed by atoms with E-state index in [1.807, 2.05) is 6.07 Å². The van der Waals surface area contributed by atoms with E-state index in [9.17, 15) is 18.7 Å². The molecule has 0 aromatic heterocycles. The Bertz CT molecular complexity index is 706. The highest BCUT2D eigenvalue weighted by atomic mass is 32.2. The number of hydrogen-bond donors (Lipinski definition) is 2. The third kappa shape index (κ3) is 5.05. The number of aryl methyl sites for hydroxylation is 1. The van der Waals surface area contributed by atoms with Crippen LogP contribution in [0.5, 0.6) is 5.75 Å². The number of benzene rings is 1. The van der Waals surface area contributed by atoms with Gasteiger partial charge in [0, 0.05) is 52.8 Å². The number of ketones is 1. The average Bonchev–Trinajstić information content (AvgIpc) is 2.81. The molecule has 1 atom stereocenters. The molecule has 0 aliphatic carbocycles. The maximum absolute atomic E-state index is 11.9. The van der Waals surface area contributed by atoms with Crippen LogP contribution in [0, 0.1) is 0 Å². The number of ether oxygens (including phenoxy) is 1. The summed E-state index contributed by atoms with van der Waals surface area (Å²) in [6.07, 6.45) is 0.774. The zero-order chi connectivity index (χ0) is 19.4. The van der Waals surface area contributed by atoms with Crippen molar-refractivity contribution in [3.8, 4) is 5.75 Å². The molecule has 1 fully saturated rings. The normalized spacial score (nSPS) is 20.4. The first-order valence-corrected chi connectivity index (χ1v) is 10.2. The summed E-state index contributed by atoms with van der Waals surface area (Å²) in [5, 5.41) is 10.5. The molecule has 27 heavy (non-hydrogen) atoms. The minimum Gasteiger partial charge on any atom is -0.506 e. The smallest absolute Gasteiger partial charge is 0.262 e. The predicted octanol–water partition coefficient (Wildman–Crippen LogP) is 0.615. The van der Waals surface area contributed by atoms with Gasteiger partial charge < -0.3 is 9.84 Å². The number of piperazine rings is 1. The lowest BCUT2D eigenvalue weighted by Gasteiger charge is -2.34. The van der Waals surface area contributed by atoms with Gasteiger partial charge in [-0.1, -0.05) is 6.07 Å². The summed E-state index contributed by atoms with van der Waals surface area (Å²) in [6.45, 7) is 6.05. The molecule has 150 valence electrons. The molecule has 0 radical (unpaired) electrons. The number of anilines is 1. The topological polar surface area (TPSA) is 93.5 Å². The molecule has 0 saturated carbocycles. The van der Waals surface area contributed by atoms with E-state index in [2.05, 4.69) is 9.80 Å². The molecule has 2 heterocycles. The molecule has 1 aromatic carbocycles. The minimum atomic E-state index is -2.35. The maximum atomic E-state index is 11.9. The molecule has 8 nitrogen and oxygen atoms in total. The van der Waals surface area contributed by atoms with Gasteiger partial charge in [-0.15, -0.1) is 0 Å². The largest absolute Gasteiger partial charge is 0.506 e. The highest BCUT2D eigenvalue weighted by Crippen LogP contribution is 2.36. The van der Waals surface area contributed by atoms with Crippen molar-refractivity contribution in [2.24, 2.45) is 0 Å². The number of phenols is 1. The van der Waals surface area contributed by atoms with Crippen LogP contribution in [-0.4, -0.2) is 82.4 Å². The van der Waals surface area contributed by atoms with Crippen molar-refractivity contribution >= 4 is 22.7 Å². The number of methoxy groups -OCH3 is 1. The van der Waals surface area contributed by atoms with Crippen LogP contribution < -0.4 is 4.31 Å². The highest BCUT2D eigenvalue weighted by Gasteiger charge is 2.27. The molecular weight excluding hydrogens is 370 g/mol. The second-order valence-electron chi connectivity index (χ2n) is 7.04. The number of nitrogens with zero attached hydrogens (tertiary/aromatic N) is 3. The molecule has 3 rings (SSSR count). The maximum Gasteiger partial charge on any atom is 0.262 e. The van der Waals surface area contributed by atoms with Crippen molar-refractivity contribution in [1.29, 1.82) is 0 Å². The standard InChI is InChI=1S/C18H27N3O5S/c1-26-9-8-19-4-6-20(7-5-19)12-14-10-15-2-3-16(22)13-21(27(24)25)18(15)17(23)11-14/h10-11,23H,2-9,12-13H2,1H3,(H,24,25). The Morgan fingerprint density at radius 3 is 2.52 bits per heavy atom. The van der Waals surface area contributed by atoms with E-state index in [0.717, 1.165) is 54.8 Å². The second-order valence-corrected chi connectivity index (χ2v) is 7.94. The van der Waals surface area contributed by atoms with Crippen LogP contribution in [0.15, 0.2) is 12.1 Å². The van der Waals surface area contributed by atoms with Gasteiger partial charge in [0.25, 0.3) is 11.3 Å². The first kappa shape index (κ1) is 20.2. The highest BCUT2D eigenvalue weighted by molar-refractivity contribution is 7.80. The van der Waals surface area contributed by atoms with Crippen molar-refractivity contribution in [2.75, 3.05) is 57.3 Å². The van der Waals surface area contributed by atoms with E-state index in [1.165, 1.54) is 0 Å². The molecule has 2 N–H and O–H groups in total. The number of Topliss-reactive ketones (excluding diaryl/α,β-unsaturated/α-hetero) is 1. The number of rotatable bonds is 6. The van der Waals surface area contributed by atoms with Gasteiger partial charge in [-0.05, 0) is 23.6 Å². The van der Waals surface area contributed by atoms with E-state index in [-0.39, 0.29) is 18.1 Å². The Morgan fingerprint density at radius 2 is 1.85 bits per heavy atom. The van der Waals surface area contributed by atoms with Crippen molar-refractivity contribution in [3.05, 3.63) is 23.3 Å². The van der Waals surface area contributed by atoms with Crippen LogP contribution >= 0.6 is 0 Å². The van der Waals surface area contributed by atoms with Crippen LogP contribution in [0.3, 0.4) is 0 Å². The van der Waals surface area contributed by atoms with Gasteiger partial charge in [-0.3, -0.25) is 23.5 Å². The zero-order valence-corrected chi connectivity index (χ0v) is 16.4. The fourth-order valence-electron chi connectivity index (χ4n) is 3.69. The molecule has 9 heteroatoms. The Kier molecular flexibility index (Phi) is 6.83. The monoisotopic (exact) mass is 397 g/mol.